The summed E-state index contributed by atoms with van der Waals surface area (Å²) in [7, 11) is 4.01. The molecule has 2 aromatic heterocycles. The minimum Gasteiger partial charge on any atom is -0.378 e. The maximum Gasteiger partial charge on any atom is 0.264 e. The predicted molar refractivity (Wildman–Crippen MR) is 92.2 cm³/mol. The number of carbonyl (C=O) groups excluding carboxylic acids is 1. The lowest BCUT2D eigenvalue weighted by Crippen LogP contribution is -2.42. The Morgan fingerprint density at radius 3 is 2.96 bits per heavy atom. The summed E-state index contributed by atoms with van der Waals surface area (Å²) in [5, 5.41) is 1.93. The fourth-order valence-electron chi connectivity index (χ4n) is 2.67. The van der Waals surface area contributed by atoms with Crippen molar-refractivity contribution in [1.82, 2.24) is 9.88 Å². The van der Waals surface area contributed by atoms with Crippen LogP contribution in [0.3, 0.4) is 0 Å². The minimum atomic E-state index is -0.175. The summed E-state index contributed by atoms with van der Waals surface area (Å²) in [5.41, 5.74) is 2.94. The van der Waals surface area contributed by atoms with Crippen LogP contribution in [0.25, 0.3) is 0 Å². The molecule has 0 unspecified atom stereocenters. The number of pyridine rings is 1. The largest absolute Gasteiger partial charge is 0.378 e. The fraction of sp³-hybridized carbons (Fsp3) is 0.412. The highest BCUT2D eigenvalue weighted by Gasteiger charge is 2.27. The van der Waals surface area contributed by atoms with Gasteiger partial charge < -0.3 is 14.5 Å². The van der Waals surface area contributed by atoms with E-state index >= 15 is 0 Å². The van der Waals surface area contributed by atoms with Crippen molar-refractivity contribution < 1.29 is 9.53 Å². The van der Waals surface area contributed by atoms with Crippen molar-refractivity contribution in [2.24, 2.45) is 0 Å². The van der Waals surface area contributed by atoms with Crippen molar-refractivity contribution in [3.63, 3.8) is 0 Å². The monoisotopic (exact) mass is 331 g/mol. The number of hydrogen-bond acceptors (Lipinski definition) is 5. The second kappa shape index (κ2) is 6.68. The topological polar surface area (TPSA) is 45.7 Å². The first-order chi connectivity index (χ1) is 11.0. The van der Waals surface area contributed by atoms with E-state index in [1.807, 2.05) is 55.6 Å². The van der Waals surface area contributed by atoms with Crippen LogP contribution in [0, 0.1) is 6.92 Å². The van der Waals surface area contributed by atoms with Gasteiger partial charge in [0.2, 0.25) is 0 Å². The zero-order valence-corrected chi connectivity index (χ0v) is 14.5. The zero-order valence-electron chi connectivity index (χ0n) is 13.7. The Hall–Kier alpha value is -1.92. The van der Waals surface area contributed by atoms with Gasteiger partial charge >= 0.3 is 0 Å². The average Bonchev–Trinajstić information content (AvgIpc) is 3.08. The number of hydrogen-bond donors (Lipinski definition) is 0. The van der Waals surface area contributed by atoms with Crippen LogP contribution in [-0.4, -0.2) is 49.6 Å². The molecule has 1 fully saturated rings. The Kier molecular flexibility index (Phi) is 4.63. The van der Waals surface area contributed by atoms with Gasteiger partial charge in [-0.25, -0.2) is 0 Å². The molecular weight excluding hydrogens is 310 g/mol. The van der Waals surface area contributed by atoms with E-state index < -0.39 is 0 Å². The van der Waals surface area contributed by atoms with Gasteiger partial charge in [0, 0.05) is 32.0 Å². The van der Waals surface area contributed by atoms with Crippen LogP contribution < -0.4 is 4.90 Å². The van der Waals surface area contributed by atoms with Crippen LogP contribution in [0.5, 0.6) is 0 Å². The molecule has 3 rings (SSSR count). The molecule has 6 heteroatoms. The molecule has 0 N–H and O–H groups in total. The van der Waals surface area contributed by atoms with E-state index in [0.29, 0.717) is 19.7 Å². The van der Waals surface area contributed by atoms with E-state index in [1.54, 1.807) is 0 Å². The number of amides is 1. The molecular formula is C17H21N3O2S. The first kappa shape index (κ1) is 16.0. The maximum atomic E-state index is 12.5. The summed E-state index contributed by atoms with van der Waals surface area (Å²) < 4.78 is 5.88. The number of aryl methyl sites for hydroxylation is 1. The molecule has 23 heavy (non-hydrogen) atoms. The average molecular weight is 331 g/mol. The summed E-state index contributed by atoms with van der Waals surface area (Å²) in [6, 6.07) is 7.85. The summed E-state index contributed by atoms with van der Waals surface area (Å²) in [5.74, 6) is 0.0776. The van der Waals surface area contributed by atoms with Gasteiger partial charge in [-0.2, -0.15) is 0 Å². The Morgan fingerprint density at radius 2 is 2.26 bits per heavy atom. The molecule has 1 aliphatic rings. The molecule has 3 heterocycles. The number of rotatable bonds is 3. The van der Waals surface area contributed by atoms with Crippen LogP contribution in [-0.2, 0) is 4.74 Å². The molecule has 0 spiro atoms. The highest BCUT2D eigenvalue weighted by molar-refractivity contribution is 7.12. The number of morpholine rings is 1. The molecule has 0 aliphatic carbocycles. The lowest BCUT2D eigenvalue weighted by molar-refractivity contribution is -0.0246. The van der Waals surface area contributed by atoms with Gasteiger partial charge in [-0.05, 0) is 30.5 Å². The fourth-order valence-corrected chi connectivity index (χ4v) is 3.36. The van der Waals surface area contributed by atoms with Gasteiger partial charge in [0.05, 0.1) is 23.7 Å². The smallest absolute Gasteiger partial charge is 0.264 e. The van der Waals surface area contributed by atoms with Gasteiger partial charge in [-0.3, -0.25) is 9.78 Å². The molecule has 122 valence electrons. The molecule has 1 atom stereocenters. The van der Waals surface area contributed by atoms with Gasteiger partial charge in [0.15, 0.2) is 0 Å². The quantitative estimate of drug-likeness (QED) is 0.867. The lowest BCUT2D eigenvalue weighted by atomic mass is 10.1. The molecule has 1 aliphatic heterocycles. The van der Waals surface area contributed by atoms with Crippen LogP contribution >= 0.6 is 11.3 Å². The molecule has 5 nitrogen and oxygen atoms in total. The summed E-state index contributed by atoms with van der Waals surface area (Å²) in [6.07, 6.45) is -0.175. The van der Waals surface area contributed by atoms with Crippen molar-refractivity contribution in [3.8, 4) is 0 Å². The number of thiophene rings is 1. The SMILES string of the molecule is Cc1cc(N(C)C)cc([C@H]2CN(C(=O)c3cccs3)CCO2)n1. The molecule has 1 amide bonds. The van der Waals surface area contributed by atoms with Gasteiger partial charge in [-0.15, -0.1) is 11.3 Å². The van der Waals surface area contributed by atoms with E-state index in [4.69, 9.17) is 4.74 Å². The Bertz CT molecular complexity index is 685. The molecule has 0 radical (unpaired) electrons. The standard InChI is InChI=1S/C17H21N3O2S/c1-12-9-13(19(2)3)10-14(18-12)15-11-20(6-7-22-15)17(21)16-5-4-8-23-16/h4-5,8-10,15H,6-7,11H2,1-3H3/t15-/m1/s1. The second-order valence-corrected chi connectivity index (χ2v) is 6.82. The van der Waals surface area contributed by atoms with E-state index in [9.17, 15) is 4.79 Å². The van der Waals surface area contributed by atoms with Crippen molar-refractivity contribution in [2.45, 2.75) is 13.0 Å². The van der Waals surface area contributed by atoms with Gasteiger partial charge in [-0.1, -0.05) is 6.07 Å². The minimum absolute atomic E-state index is 0.0776. The number of ether oxygens (including phenoxy) is 1. The summed E-state index contributed by atoms with van der Waals surface area (Å²) >= 11 is 1.48. The van der Waals surface area contributed by atoms with Crippen molar-refractivity contribution in [2.75, 3.05) is 38.7 Å². The zero-order chi connectivity index (χ0) is 16.4. The van der Waals surface area contributed by atoms with E-state index in [2.05, 4.69) is 9.88 Å². The maximum absolute atomic E-state index is 12.5. The predicted octanol–water partition coefficient (Wildman–Crippen LogP) is 2.73. The number of aromatic nitrogens is 1. The van der Waals surface area contributed by atoms with Crippen LogP contribution in [0.4, 0.5) is 5.69 Å². The van der Waals surface area contributed by atoms with Gasteiger partial charge in [0.25, 0.3) is 5.91 Å². The van der Waals surface area contributed by atoms with Crippen molar-refractivity contribution in [3.05, 3.63) is 45.9 Å². The molecule has 0 aromatic carbocycles. The Balaban J connectivity index is 1.80. The summed E-state index contributed by atoms with van der Waals surface area (Å²) in [6.45, 7) is 3.68. The van der Waals surface area contributed by atoms with E-state index in [-0.39, 0.29) is 12.0 Å². The molecule has 0 saturated carbocycles. The lowest BCUT2D eigenvalue weighted by Gasteiger charge is -2.33. The molecule has 1 saturated heterocycles. The van der Waals surface area contributed by atoms with E-state index in [1.165, 1.54) is 11.3 Å². The molecule has 2 aromatic rings. The third-order valence-electron chi connectivity index (χ3n) is 3.89. The van der Waals surface area contributed by atoms with Crippen molar-refractivity contribution >= 4 is 22.9 Å². The van der Waals surface area contributed by atoms with Crippen LogP contribution in [0.15, 0.2) is 29.6 Å². The summed E-state index contributed by atoms with van der Waals surface area (Å²) in [4.78, 5) is 21.8. The van der Waals surface area contributed by atoms with E-state index in [0.717, 1.165) is 22.0 Å². The highest BCUT2D eigenvalue weighted by Crippen LogP contribution is 2.26. The first-order valence-corrected chi connectivity index (χ1v) is 8.53. The second-order valence-electron chi connectivity index (χ2n) is 5.87. The Labute approximate surface area is 140 Å². The highest BCUT2D eigenvalue weighted by atomic mass is 32.1. The number of carbonyl (C=O) groups is 1. The van der Waals surface area contributed by atoms with Crippen LogP contribution in [0.2, 0.25) is 0 Å². The number of nitrogens with zero attached hydrogens (tertiary/aromatic N) is 3. The third kappa shape index (κ3) is 3.54. The number of anilines is 1. The normalized spacial score (nSPS) is 18.0. The Morgan fingerprint density at radius 1 is 1.43 bits per heavy atom. The third-order valence-corrected chi connectivity index (χ3v) is 4.75. The first-order valence-electron chi connectivity index (χ1n) is 7.65. The van der Waals surface area contributed by atoms with Crippen molar-refractivity contribution in [1.29, 1.82) is 0 Å². The molecule has 0 bridgehead atoms. The van der Waals surface area contributed by atoms with Crippen LogP contribution in [0.1, 0.15) is 27.2 Å². The van der Waals surface area contributed by atoms with Gasteiger partial charge in [0.1, 0.15) is 6.10 Å².